The van der Waals surface area contributed by atoms with Gasteiger partial charge >= 0.3 is 5.97 Å². The van der Waals surface area contributed by atoms with Crippen molar-refractivity contribution in [2.24, 2.45) is 0 Å². The fourth-order valence-electron chi connectivity index (χ4n) is 2.17. The second-order valence-corrected chi connectivity index (χ2v) is 5.41. The van der Waals surface area contributed by atoms with Crippen LogP contribution in [0.25, 0.3) is 0 Å². The topological polar surface area (TPSA) is 46.6 Å². The summed E-state index contributed by atoms with van der Waals surface area (Å²) in [6, 6.07) is 8.11. The summed E-state index contributed by atoms with van der Waals surface area (Å²) < 4.78 is 4.92. The summed E-state index contributed by atoms with van der Waals surface area (Å²) in [7, 11) is 0. The molecule has 0 aliphatic heterocycles. The molecule has 4 nitrogen and oxygen atoms in total. The molecule has 1 aromatic rings. The van der Waals surface area contributed by atoms with Gasteiger partial charge in [-0.15, -0.1) is 0 Å². The van der Waals surface area contributed by atoms with Gasteiger partial charge in [0, 0.05) is 12.5 Å². The molecule has 0 radical (unpaired) electrons. The van der Waals surface area contributed by atoms with Crippen LogP contribution in [0.1, 0.15) is 38.3 Å². The minimum absolute atomic E-state index is 0.0143. The minimum atomic E-state index is -0.352. The van der Waals surface area contributed by atoms with Gasteiger partial charge in [0.2, 0.25) is 5.91 Å². The Kier molecular flexibility index (Phi) is 6.92. The van der Waals surface area contributed by atoms with Crippen LogP contribution in [0.2, 0.25) is 0 Å². The second-order valence-electron chi connectivity index (χ2n) is 5.41. The van der Waals surface area contributed by atoms with Gasteiger partial charge in [-0.05, 0) is 39.7 Å². The predicted octanol–water partition coefficient (Wildman–Crippen LogP) is 2.73. The van der Waals surface area contributed by atoms with Gasteiger partial charge in [-0.2, -0.15) is 0 Å². The molecule has 0 aliphatic carbocycles. The lowest BCUT2D eigenvalue weighted by molar-refractivity contribution is -0.150. The highest BCUT2D eigenvalue weighted by Gasteiger charge is 2.20. The van der Waals surface area contributed by atoms with Crippen molar-refractivity contribution in [3.63, 3.8) is 0 Å². The Bertz CT molecular complexity index is 483. The van der Waals surface area contributed by atoms with E-state index in [1.807, 2.05) is 39.0 Å². The van der Waals surface area contributed by atoms with Crippen LogP contribution in [0.4, 0.5) is 0 Å². The van der Waals surface area contributed by atoms with Crippen LogP contribution in [0.5, 0.6) is 0 Å². The van der Waals surface area contributed by atoms with Crippen molar-refractivity contribution >= 4 is 11.9 Å². The number of ether oxygens (including phenoxy) is 1. The summed E-state index contributed by atoms with van der Waals surface area (Å²) in [5, 5.41) is 0. The molecule has 0 saturated carbocycles. The number of carbonyl (C=O) groups is 2. The fourth-order valence-corrected chi connectivity index (χ4v) is 2.17. The van der Waals surface area contributed by atoms with Gasteiger partial charge in [0.1, 0.15) is 6.54 Å². The molecule has 0 aliphatic rings. The Hall–Kier alpha value is -1.84. The number of benzene rings is 1. The van der Waals surface area contributed by atoms with Crippen LogP contribution in [0.15, 0.2) is 24.3 Å². The van der Waals surface area contributed by atoms with E-state index < -0.39 is 0 Å². The van der Waals surface area contributed by atoms with Crippen LogP contribution >= 0.6 is 0 Å². The molecule has 0 saturated heterocycles. The monoisotopic (exact) mass is 291 g/mol. The first kappa shape index (κ1) is 17.2. The second kappa shape index (κ2) is 8.45. The van der Waals surface area contributed by atoms with Crippen molar-refractivity contribution in [1.82, 2.24) is 4.90 Å². The molecule has 0 unspecified atom stereocenters. The number of hydrogen-bond acceptors (Lipinski definition) is 3. The lowest BCUT2D eigenvalue weighted by atomic mass is 10.1. The summed E-state index contributed by atoms with van der Waals surface area (Å²) in [4.78, 5) is 25.4. The number of amides is 1. The molecule has 0 spiro atoms. The zero-order valence-electron chi connectivity index (χ0n) is 13.4. The van der Waals surface area contributed by atoms with E-state index in [1.165, 1.54) is 5.56 Å². The molecule has 0 N–H and O–H groups in total. The van der Waals surface area contributed by atoms with E-state index in [1.54, 1.807) is 11.8 Å². The quantitative estimate of drug-likeness (QED) is 0.726. The largest absolute Gasteiger partial charge is 0.465 e. The first-order valence-corrected chi connectivity index (χ1v) is 7.44. The maximum atomic E-state index is 12.3. The molecule has 1 rings (SSSR count). The number of nitrogens with zero attached hydrogens (tertiary/aromatic N) is 1. The summed E-state index contributed by atoms with van der Waals surface area (Å²) in [5.41, 5.74) is 2.33. The van der Waals surface area contributed by atoms with E-state index in [2.05, 4.69) is 6.07 Å². The van der Waals surface area contributed by atoms with Gasteiger partial charge in [0.25, 0.3) is 0 Å². The highest BCUT2D eigenvalue weighted by atomic mass is 16.5. The highest BCUT2D eigenvalue weighted by Crippen LogP contribution is 2.09. The summed E-state index contributed by atoms with van der Waals surface area (Å²) in [6.07, 6.45) is 1.09. The SMILES string of the molecule is CCOC(=O)CN(C(=O)CCc1cccc(C)c1)C(C)C. The van der Waals surface area contributed by atoms with E-state index >= 15 is 0 Å². The van der Waals surface area contributed by atoms with Gasteiger partial charge < -0.3 is 9.64 Å². The van der Waals surface area contributed by atoms with Gasteiger partial charge in [-0.1, -0.05) is 29.8 Å². The van der Waals surface area contributed by atoms with Crippen molar-refractivity contribution in [2.45, 2.75) is 46.6 Å². The highest BCUT2D eigenvalue weighted by molar-refractivity contribution is 5.82. The number of esters is 1. The van der Waals surface area contributed by atoms with Crippen molar-refractivity contribution in [1.29, 1.82) is 0 Å². The lowest BCUT2D eigenvalue weighted by Crippen LogP contribution is -2.41. The number of hydrogen-bond donors (Lipinski definition) is 0. The third kappa shape index (κ3) is 5.98. The maximum absolute atomic E-state index is 12.3. The first-order valence-electron chi connectivity index (χ1n) is 7.44. The van der Waals surface area contributed by atoms with E-state index in [0.717, 1.165) is 5.56 Å². The van der Waals surface area contributed by atoms with E-state index in [-0.39, 0.29) is 24.5 Å². The molecule has 0 bridgehead atoms. The first-order chi connectivity index (χ1) is 9.93. The third-order valence-corrected chi connectivity index (χ3v) is 3.26. The van der Waals surface area contributed by atoms with Crippen LogP contribution in [0, 0.1) is 6.92 Å². The number of carbonyl (C=O) groups excluding carboxylic acids is 2. The van der Waals surface area contributed by atoms with Crippen molar-refractivity contribution in [3.8, 4) is 0 Å². The summed E-state index contributed by atoms with van der Waals surface area (Å²) in [5.74, 6) is -0.366. The van der Waals surface area contributed by atoms with Crippen LogP contribution in [0.3, 0.4) is 0 Å². The zero-order chi connectivity index (χ0) is 15.8. The Balaban J connectivity index is 2.59. The molecule has 1 aromatic carbocycles. The van der Waals surface area contributed by atoms with Gasteiger partial charge in [-0.25, -0.2) is 0 Å². The van der Waals surface area contributed by atoms with E-state index in [0.29, 0.717) is 19.4 Å². The van der Waals surface area contributed by atoms with Crippen LogP contribution < -0.4 is 0 Å². The molecular weight excluding hydrogens is 266 g/mol. The fraction of sp³-hybridized carbons (Fsp3) is 0.529. The number of aryl methyl sites for hydroxylation is 2. The van der Waals surface area contributed by atoms with Crippen LogP contribution in [-0.2, 0) is 20.7 Å². The molecule has 0 aromatic heterocycles. The third-order valence-electron chi connectivity index (χ3n) is 3.26. The average Bonchev–Trinajstić information content (AvgIpc) is 2.42. The summed E-state index contributed by atoms with van der Waals surface area (Å²) in [6.45, 7) is 7.97. The van der Waals surface area contributed by atoms with Crippen molar-refractivity contribution in [2.75, 3.05) is 13.2 Å². The lowest BCUT2D eigenvalue weighted by Gasteiger charge is -2.25. The Labute approximate surface area is 127 Å². The zero-order valence-corrected chi connectivity index (χ0v) is 13.4. The standard InChI is InChI=1S/C17H25NO3/c1-5-21-17(20)12-18(13(2)3)16(19)10-9-15-8-6-7-14(4)11-15/h6-8,11,13H,5,9-10,12H2,1-4H3. The minimum Gasteiger partial charge on any atom is -0.465 e. The van der Waals surface area contributed by atoms with Gasteiger partial charge in [-0.3, -0.25) is 9.59 Å². The molecule has 4 heteroatoms. The van der Waals surface area contributed by atoms with Gasteiger partial charge in [0.15, 0.2) is 0 Å². The van der Waals surface area contributed by atoms with Crippen LogP contribution in [-0.4, -0.2) is 36.0 Å². The summed E-state index contributed by atoms with van der Waals surface area (Å²) >= 11 is 0. The molecule has 0 atom stereocenters. The molecular formula is C17H25NO3. The maximum Gasteiger partial charge on any atom is 0.325 e. The van der Waals surface area contributed by atoms with E-state index in [4.69, 9.17) is 4.74 Å². The number of rotatable bonds is 7. The molecule has 21 heavy (non-hydrogen) atoms. The molecule has 0 fully saturated rings. The molecule has 0 heterocycles. The normalized spacial score (nSPS) is 10.5. The van der Waals surface area contributed by atoms with E-state index in [9.17, 15) is 9.59 Å². The Morgan fingerprint density at radius 3 is 2.57 bits per heavy atom. The smallest absolute Gasteiger partial charge is 0.325 e. The van der Waals surface area contributed by atoms with Crippen molar-refractivity contribution in [3.05, 3.63) is 35.4 Å². The van der Waals surface area contributed by atoms with Crippen molar-refractivity contribution < 1.29 is 14.3 Å². The molecule has 1 amide bonds. The predicted molar refractivity (Wildman–Crippen MR) is 83.0 cm³/mol. The Morgan fingerprint density at radius 1 is 1.29 bits per heavy atom. The molecule has 116 valence electrons. The Morgan fingerprint density at radius 2 is 2.00 bits per heavy atom. The van der Waals surface area contributed by atoms with Gasteiger partial charge in [0.05, 0.1) is 6.61 Å². The average molecular weight is 291 g/mol.